The van der Waals surface area contributed by atoms with E-state index in [1.165, 1.54) is 10.9 Å². The molecule has 10 heteroatoms. The summed E-state index contributed by atoms with van der Waals surface area (Å²) in [4.78, 5) is 18.4. The first-order valence-corrected chi connectivity index (χ1v) is 14.6. The highest BCUT2D eigenvalue weighted by molar-refractivity contribution is 9.10. The van der Waals surface area contributed by atoms with Crippen molar-refractivity contribution in [1.82, 2.24) is 9.66 Å². The number of fused-ring (bicyclic) bond motifs is 2. The maximum Gasteiger partial charge on any atom is 0.282 e. The van der Waals surface area contributed by atoms with Crippen LogP contribution in [0.5, 0.6) is 11.5 Å². The van der Waals surface area contributed by atoms with Crippen molar-refractivity contribution in [2.75, 3.05) is 6.61 Å². The van der Waals surface area contributed by atoms with E-state index in [2.05, 4.69) is 21.0 Å². The lowest BCUT2D eigenvalue weighted by Gasteiger charge is -2.16. The molecule has 0 bridgehead atoms. The van der Waals surface area contributed by atoms with E-state index in [4.69, 9.17) is 42.1 Å². The van der Waals surface area contributed by atoms with Crippen LogP contribution in [0.2, 0.25) is 10.0 Å². The van der Waals surface area contributed by atoms with E-state index >= 15 is 0 Å². The number of aromatic nitrogens is 2. The molecule has 0 saturated heterocycles. The number of hydrogen-bond donors (Lipinski definition) is 0. The van der Waals surface area contributed by atoms with Gasteiger partial charge in [-0.2, -0.15) is 9.78 Å². The molecule has 7 nitrogen and oxygen atoms in total. The molecule has 0 atom stereocenters. The second-order valence-corrected chi connectivity index (χ2v) is 10.8. The highest BCUT2D eigenvalue weighted by Crippen LogP contribution is 2.43. The van der Waals surface area contributed by atoms with E-state index < -0.39 is 0 Å². The SMILES string of the molecule is CCOc1cc(C=Nn2c(-c3cc4ccccc4o3)nc3ccccc3c2=O)c(Br)c(Cl)c1OCc1ccccc1Cl. The van der Waals surface area contributed by atoms with Crippen LogP contribution < -0.4 is 15.0 Å². The smallest absolute Gasteiger partial charge is 0.282 e. The fourth-order valence-electron chi connectivity index (χ4n) is 4.46. The Kier molecular flexibility index (Phi) is 8.02. The van der Waals surface area contributed by atoms with Gasteiger partial charge in [0.2, 0.25) is 5.82 Å². The molecule has 0 N–H and O–H groups in total. The van der Waals surface area contributed by atoms with Crippen molar-refractivity contribution >= 4 is 67.2 Å². The highest BCUT2D eigenvalue weighted by atomic mass is 79.9. The molecule has 0 saturated carbocycles. The minimum absolute atomic E-state index is 0.193. The number of halogens is 3. The van der Waals surface area contributed by atoms with Gasteiger partial charge in [0.05, 0.1) is 23.7 Å². The predicted octanol–water partition coefficient (Wildman–Crippen LogP) is 8.74. The molecule has 42 heavy (non-hydrogen) atoms. The molecular formula is C32H22BrCl2N3O4. The molecule has 0 radical (unpaired) electrons. The number of ether oxygens (including phenoxy) is 2. The van der Waals surface area contributed by atoms with Crippen LogP contribution in [0.15, 0.2) is 104 Å². The van der Waals surface area contributed by atoms with Crippen LogP contribution in [0.1, 0.15) is 18.1 Å². The molecule has 0 aliphatic carbocycles. The summed E-state index contributed by atoms with van der Waals surface area (Å²) >= 11 is 16.6. The van der Waals surface area contributed by atoms with Crippen LogP contribution >= 0.6 is 39.1 Å². The Balaban J connectivity index is 1.44. The van der Waals surface area contributed by atoms with Crippen molar-refractivity contribution < 1.29 is 13.9 Å². The second-order valence-electron chi connectivity index (χ2n) is 9.20. The van der Waals surface area contributed by atoms with Gasteiger partial charge in [-0.1, -0.05) is 71.7 Å². The Labute approximate surface area is 259 Å². The topological polar surface area (TPSA) is 78.9 Å². The maximum atomic E-state index is 13.7. The molecule has 0 unspecified atom stereocenters. The molecule has 6 rings (SSSR count). The molecular weight excluding hydrogens is 641 g/mol. The monoisotopic (exact) mass is 661 g/mol. The van der Waals surface area contributed by atoms with Crippen molar-refractivity contribution in [2.45, 2.75) is 13.5 Å². The Morgan fingerprint density at radius 2 is 1.76 bits per heavy atom. The van der Waals surface area contributed by atoms with Gasteiger partial charge in [-0.15, -0.1) is 0 Å². The van der Waals surface area contributed by atoms with Crippen LogP contribution in [-0.4, -0.2) is 22.5 Å². The van der Waals surface area contributed by atoms with Crippen molar-refractivity contribution in [3.8, 4) is 23.1 Å². The third-order valence-electron chi connectivity index (χ3n) is 6.50. The standard InChI is InChI=1S/C32H22BrCl2N3O4/c1-2-40-26-16-21(28(33)29(35)30(26)41-18-20-10-3-6-12-23(20)34)17-36-38-31(27-15-19-9-4-8-14-25(19)42-27)37-24-13-7-5-11-22(24)32(38)39/h3-17H,2,18H2,1H3. The molecule has 0 spiro atoms. The molecule has 6 aromatic rings. The molecule has 0 amide bonds. The molecule has 4 aromatic carbocycles. The van der Waals surface area contributed by atoms with Gasteiger partial charge in [-0.05, 0) is 59.3 Å². The third-order valence-corrected chi connectivity index (χ3v) is 8.31. The second kappa shape index (κ2) is 12.0. The quantitative estimate of drug-likeness (QED) is 0.152. The Morgan fingerprint density at radius 1 is 1.00 bits per heavy atom. The maximum absolute atomic E-state index is 13.7. The lowest BCUT2D eigenvalue weighted by molar-refractivity contribution is 0.269. The van der Waals surface area contributed by atoms with Crippen LogP contribution in [0.25, 0.3) is 33.5 Å². The predicted molar refractivity (Wildman–Crippen MR) is 170 cm³/mol. The average molecular weight is 663 g/mol. The van der Waals surface area contributed by atoms with Gasteiger partial charge in [-0.25, -0.2) is 4.98 Å². The number of rotatable bonds is 8. The molecule has 0 aliphatic rings. The van der Waals surface area contributed by atoms with Crippen molar-refractivity contribution in [2.24, 2.45) is 5.10 Å². The largest absolute Gasteiger partial charge is 0.490 e. The highest BCUT2D eigenvalue weighted by Gasteiger charge is 2.20. The number of benzene rings is 4. The number of nitrogens with zero attached hydrogens (tertiary/aromatic N) is 3. The average Bonchev–Trinajstić information content (AvgIpc) is 3.44. The summed E-state index contributed by atoms with van der Waals surface area (Å²) in [5.74, 6) is 1.44. The molecule has 210 valence electrons. The zero-order valence-corrected chi connectivity index (χ0v) is 25.3. The van der Waals surface area contributed by atoms with Gasteiger partial charge >= 0.3 is 0 Å². The van der Waals surface area contributed by atoms with Crippen LogP contribution in [0, 0.1) is 0 Å². The van der Waals surface area contributed by atoms with E-state index in [-0.39, 0.29) is 23.0 Å². The molecule has 0 aliphatic heterocycles. The van der Waals surface area contributed by atoms with Crippen molar-refractivity contribution in [1.29, 1.82) is 0 Å². The van der Waals surface area contributed by atoms with Crippen LogP contribution in [0.3, 0.4) is 0 Å². The van der Waals surface area contributed by atoms with Crippen molar-refractivity contribution in [3.05, 3.63) is 121 Å². The normalized spacial score (nSPS) is 11.5. The van der Waals surface area contributed by atoms with Gasteiger partial charge in [0.25, 0.3) is 5.56 Å². The van der Waals surface area contributed by atoms with Gasteiger partial charge in [0.1, 0.15) is 17.2 Å². The number of para-hydroxylation sites is 2. The minimum atomic E-state index is -0.348. The summed E-state index contributed by atoms with van der Waals surface area (Å²) in [6, 6.07) is 25.7. The summed E-state index contributed by atoms with van der Waals surface area (Å²) in [5, 5.41) is 6.74. The lowest BCUT2D eigenvalue weighted by Crippen LogP contribution is -2.20. The summed E-state index contributed by atoms with van der Waals surface area (Å²) < 4.78 is 19.7. The van der Waals surface area contributed by atoms with Gasteiger partial charge < -0.3 is 13.9 Å². The Bertz CT molecular complexity index is 2000. The Morgan fingerprint density at radius 3 is 2.57 bits per heavy atom. The molecule has 2 aromatic heterocycles. The molecule has 2 heterocycles. The Hall–Kier alpha value is -4.11. The summed E-state index contributed by atoms with van der Waals surface area (Å²) in [6.45, 7) is 2.43. The van der Waals surface area contributed by atoms with Crippen molar-refractivity contribution in [3.63, 3.8) is 0 Å². The number of hydrogen-bond acceptors (Lipinski definition) is 6. The van der Waals surface area contributed by atoms with E-state index in [1.807, 2.05) is 61.5 Å². The summed E-state index contributed by atoms with van der Waals surface area (Å²) in [6.07, 6.45) is 1.51. The first kappa shape index (κ1) is 28.0. The zero-order valence-electron chi connectivity index (χ0n) is 22.2. The first-order chi connectivity index (χ1) is 20.4. The van der Waals surface area contributed by atoms with Crippen LogP contribution in [-0.2, 0) is 6.61 Å². The van der Waals surface area contributed by atoms with E-state index in [9.17, 15) is 4.79 Å². The van der Waals surface area contributed by atoms with E-state index in [0.717, 1.165) is 10.9 Å². The third kappa shape index (κ3) is 5.41. The summed E-state index contributed by atoms with van der Waals surface area (Å²) in [7, 11) is 0. The lowest BCUT2D eigenvalue weighted by atomic mass is 10.2. The first-order valence-electron chi connectivity index (χ1n) is 13.0. The van der Waals surface area contributed by atoms with Gasteiger partial charge in [0, 0.05) is 26.0 Å². The number of furan rings is 1. The van der Waals surface area contributed by atoms with Crippen LogP contribution in [0.4, 0.5) is 0 Å². The molecule has 0 fully saturated rings. The zero-order chi connectivity index (χ0) is 29.2. The minimum Gasteiger partial charge on any atom is -0.490 e. The summed E-state index contributed by atoms with van der Waals surface area (Å²) in [5.41, 5.74) is 2.23. The fourth-order valence-corrected chi connectivity index (χ4v) is 5.31. The van der Waals surface area contributed by atoms with E-state index in [0.29, 0.717) is 55.4 Å². The van der Waals surface area contributed by atoms with Gasteiger partial charge in [-0.3, -0.25) is 4.79 Å². The van der Waals surface area contributed by atoms with Gasteiger partial charge in [0.15, 0.2) is 17.3 Å². The van der Waals surface area contributed by atoms with E-state index in [1.54, 1.807) is 30.3 Å². The fraction of sp³-hybridized carbons (Fsp3) is 0.0938.